The Morgan fingerprint density at radius 2 is 1.61 bits per heavy atom. The van der Waals surface area contributed by atoms with Crippen LogP contribution in [0.2, 0.25) is 0 Å². The number of rotatable bonds is 5. The first-order valence-corrected chi connectivity index (χ1v) is 10.1. The van der Waals surface area contributed by atoms with Crippen molar-refractivity contribution in [1.29, 1.82) is 0 Å². The smallest absolute Gasteiger partial charge is 0.221 e. The van der Waals surface area contributed by atoms with E-state index in [-0.39, 0.29) is 6.17 Å². The Morgan fingerprint density at radius 1 is 0.893 bits per heavy atom. The molecule has 3 aromatic carbocycles. The molecular formula is C24H25N3O. The quantitative estimate of drug-likeness (QED) is 0.472. The van der Waals surface area contributed by atoms with Crippen LogP contribution < -0.4 is 4.74 Å². The highest BCUT2D eigenvalue weighted by molar-refractivity contribution is 5.86. The molecule has 0 radical (unpaired) electrons. The second-order valence-corrected chi connectivity index (χ2v) is 7.57. The summed E-state index contributed by atoms with van der Waals surface area (Å²) in [6, 6.07) is 23.1. The van der Waals surface area contributed by atoms with Gasteiger partial charge in [0.05, 0.1) is 10.9 Å². The molecule has 0 bridgehead atoms. The van der Waals surface area contributed by atoms with Crippen LogP contribution in [0.15, 0.2) is 66.7 Å². The average Bonchev–Trinajstić information content (AvgIpc) is 3.40. The molecule has 1 atom stereocenters. The lowest BCUT2D eigenvalue weighted by atomic mass is 10.1. The predicted octanol–water partition coefficient (Wildman–Crippen LogP) is 5.38. The average molecular weight is 371 g/mol. The summed E-state index contributed by atoms with van der Waals surface area (Å²) in [4.78, 5) is 2.48. The lowest BCUT2D eigenvalue weighted by molar-refractivity contribution is 0.156. The lowest BCUT2D eigenvalue weighted by Gasteiger charge is -2.25. The van der Waals surface area contributed by atoms with E-state index in [4.69, 9.17) is 9.84 Å². The Labute approximate surface area is 165 Å². The number of benzene rings is 3. The molecule has 1 saturated heterocycles. The van der Waals surface area contributed by atoms with Gasteiger partial charge in [0.25, 0.3) is 0 Å². The molecule has 1 aliphatic heterocycles. The number of aromatic nitrogens is 2. The molecule has 4 heteroatoms. The molecule has 0 N–H and O–H groups in total. The van der Waals surface area contributed by atoms with E-state index in [0.29, 0.717) is 6.61 Å². The minimum absolute atomic E-state index is 0.192. The van der Waals surface area contributed by atoms with Crippen LogP contribution in [0, 0.1) is 0 Å². The van der Waals surface area contributed by atoms with Gasteiger partial charge in [-0.25, -0.2) is 4.68 Å². The maximum atomic E-state index is 6.44. The number of nitrogens with zero attached hydrogens (tertiary/aromatic N) is 3. The van der Waals surface area contributed by atoms with E-state index in [1.165, 1.54) is 29.2 Å². The monoisotopic (exact) mass is 371 g/mol. The Hall–Kier alpha value is -2.85. The highest BCUT2D eigenvalue weighted by atomic mass is 16.5. The fraction of sp³-hybridized carbons (Fsp3) is 0.292. The molecule has 142 valence electrons. The van der Waals surface area contributed by atoms with Crippen LogP contribution in [0.25, 0.3) is 21.7 Å². The van der Waals surface area contributed by atoms with E-state index in [0.717, 1.165) is 29.9 Å². The van der Waals surface area contributed by atoms with E-state index >= 15 is 0 Å². The van der Waals surface area contributed by atoms with Gasteiger partial charge in [0.15, 0.2) is 0 Å². The minimum atomic E-state index is 0.192. The van der Waals surface area contributed by atoms with Gasteiger partial charge in [0, 0.05) is 13.1 Å². The van der Waals surface area contributed by atoms with Crippen LogP contribution in [-0.2, 0) is 6.61 Å². The second kappa shape index (κ2) is 7.28. The first-order valence-electron chi connectivity index (χ1n) is 10.1. The largest absolute Gasteiger partial charge is 0.472 e. The normalized spacial score (nSPS) is 16.0. The standard InChI is InChI=1S/C24H25N3O/c1-18(26-15-6-7-16-26)27-24(22-13-4-5-14-23(22)25-27)28-17-20-11-8-10-19-9-2-3-12-21(19)20/h2-5,8-14,18H,6-7,15-17H2,1H3. The van der Waals surface area contributed by atoms with Crippen molar-refractivity contribution >= 4 is 21.7 Å². The number of hydrogen-bond acceptors (Lipinski definition) is 3. The third-order valence-electron chi connectivity index (χ3n) is 5.83. The maximum Gasteiger partial charge on any atom is 0.221 e. The fourth-order valence-electron chi connectivity index (χ4n) is 4.26. The second-order valence-electron chi connectivity index (χ2n) is 7.57. The van der Waals surface area contributed by atoms with Gasteiger partial charge < -0.3 is 4.74 Å². The van der Waals surface area contributed by atoms with E-state index in [1.54, 1.807) is 0 Å². The highest BCUT2D eigenvalue weighted by Crippen LogP contribution is 2.32. The Morgan fingerprint density at radius 3 is 2.46 bits per heavy atom. The zero-order valence-electron chi connectivity index (χ0n) is 16.2. The van der Waals surface area contributed by atoms with Gasteiger partial charge in [-0.15, -0.1) is 0 Å². The lowest BCUT2D eigenvalue weighted by Crippen LogP contribution is -2.29. The first-order chi connectivity index (χ1) is 13.8. The molecule has 5 rings (SSSR count). The molecule has 0 aliphatic carbocycles. The summed E-state index contributed by atoms with van der Waals surface area (Å²) in [5, 5.41) is 8.45. The Kier molecular flexibility index (Phi) is 4.49. The Bertz CT molecular complexity index is 1110. The number of hydrogen-bond donors (Lipinski definition) is 0. The molecule has 0 amide bonds. The molecule has 1 aliphatic rings. The topological polar surface area (TPSA) is 30.3 Å². The summed E-state index contributed by atoms with van der Waals surface area (Å²) < 4.78 is 8.51. The van der Waals surface area contributed by atoms with Crippen molar-refractivity contribution in [2.24, 2.45) is 0 Å². The van der Waals surface area contributed by atoms with Crippen molar-refractivity contribution in [3.8, 4) is 5.88 Å². The number of likely N-dealkylation sites (tertiary alicyclic amines) is 1. The molecule has 4 nitrogen and oxygen atoms in total. The Balaban J connectivity index is 1.51. The zero-order chi connectivity index (χ0) is 18.9. The molecule has 28 heavy (non-hydrogen) atoms. The SMILES string of the molecule is CC(N1CCCC1)n1nc2ccccc2c1OCc1cccc2ccccc12. The van der Waals surface area contributed by atoms with Crippen LogP contribution in [-0.4, -0.2) is 27.8 Å². The van der Waals surface area contributed by atoms with Crippen LogP contribution in [0.4, 0.5) is 0 Å². The van der Waals surface area contributed by atoms with Crippen molar-refractivity contribution in [3.05, 3.63) is 72.3 Å². The van der Waals surface area contributed by atoms with Crippen LogP contribution in [0.5, 0.6) is 5.88 Å². The summed E-state index contributed by atoms with van der Waals surface area (Å²) in [6.07, 6.45) is 2.71. The third-order valence-corrected chi connectivity index (χ3v) is 5.83. The maximum absolute atomic E-state index is 6.44. The van der Waals surface area contributed by atoms with E-state index in [9.17, 15) is 0 Å². The van der Waals surface area contributed by atoms with Crippen molar-refractivity contribution in [2.45, 2.75) is 32.5 Å². The van der Waals surface area contributed by atoms with Crippen molar-refractivity contribution < 1.29 is 4.74 Å². The summed E-state index contributed by atoms with van der Waals surface area (Å²) >= 11 is 0. The van der Waals surface area contributed by atoms with Crippen LogP contribution >= 0.6 is 0 Å². The molecule has 1 fully saturated rings. The molecular weight excluding hydrogens is 346 g/mol. The van der Waals surface area contributed by atoms with Gasteiger partial charge in [-0.05, 0) is 48.2 Å². The molecule has 0 saturated carbocycles. The summed E-state index contributed by atoms with van der Waals surface area (Å²) in [7, 11) is 0. The van der Waals surface area contributed by atoms with Gasteiger partial charge in [-0.1, -0.05) is 54.6 Å². The number of ether oxygens (including phenoxy) is 1. The first kappa shape index (κ1) is 17.3. The van der Waals surface area contributed by atoms with E-state index in [1.807, 2.05) is 6.07 Å². The summed E-state index contributed by atoms with van der Waals surface area (Å²) in [6.45, 7) is 5.01. The van der Waals surface area contributed by atoms with Crippen molar-refractivity contribution in [1.82, 2.24) is 14.7 Å². The predicted molar refractivity (Wildman–Crippen MR) is 114 cm³/mol. The van der Waals surface area contributed by atoms with Gasteiger partial charge >= 0.3 is 0 Å². The van der Waals surface area contributed by atoms with Crippen molar-refractivity contribution in [3.63, 3.8) is 0 Å². The third kappa shape index (κ3) is 3.04. The molecule has 4 aromatic rings. The summed E-state index contributed by atoms with van der Waals surface area (Å²) in [5.41, 5.74) is 2.19. The molecule has 0 spiro atoms. The molecule has 1 aromatic heterocycles. The molecule has 2 heterocycles. The number of fused-ring (bicyclic) bond motifs is 2. The summed E-state index contributed by atoms with van der Waals surface area (Å²) in [5.74, 6) is 0.864. The zero-order valence-corrected chi connectivity index (χ0v) is 16.2. The van der Waals surface area contributed by atoms with Gasteiger partial charge in [-0.3, -0.25) is 4.90 Å². The fourth-order valence-corrected chi connectivity index (χ4v) is 4.26. The van der Waals surface area contributed by atoms with E-state index < -0.39 is 0 Å². The molecule has 1 unspecified atom stereocenters. The minimum Gasteiger partial charge on any atom is -0.472 e. The van der Waals surface area contributed by atoms with Gasteiger partial charge in [0.2, 0.25) is 5.88 Å². The van der Waals surface area contributed by atoms with Gasteiger partial charge in [-0.2, -0.15) is 5.10 Å². The highest BCUT2D eigenvalue weighted by Gasteiger charge is 2.24. The van der Waals surface area contributed by atoms with Crippen LogP contribution in [0.3, 0.4) is 0 Å². The van der Waals surface area contributed by atoms with Gasteiger partial charge in [0.1, 0.15) is 12.8 Å². The van der Waals surface area contributed by atoms with E-state index in [2.05, 4.69) is 77.2 Å². The van der Waals surface area contributed by atoms with Crippen molar-refractivity contribution in [2.75, 3.05) is 13.1 Å². The van der Waals surface area contributed by atoms with Crippen LogP contribution in [0.1, 0.15) is 31.5 Å².